The number of hydrogen-bond donors (Lipinski definition) is 2. The van der Waals surface area contributed by atoms with Crippen molar-refractivity contribution in [2.75, 3.05) is 11.1 Å². The van der Waals surface area contributed by atoms with Gasteiger partial charge in [-0.3, -0.25) is 0 Å². The van der Waals surface area contributed by atoms with Crippen LogP contribution in [0.5, 0.6) is 0 Å². The molecule has 2 aromatic rings. The number of nitrogens with one attached hydrogen (secondary N) is 1. The highest BCUT2D eigenvalue weighted by Gasteiger charge is 2.08. The Morgan fingerprint density at radius 3 is 2.80 bits per heavy atom. The Kier molecular flexibility index (Phi) is 2.24. The predicted molar refractivity (Wildman–Crippen MR) is 55.7 cm³/mol. The van der Waals surface area contributed by atoms with E-state index in [0.29, 0.717) is 11.7 Å². The van der Waals surface area contributed by atoms with Crippen LogP contribution in [-0.4, -0.2) is 15.1 Å². The van der Waals surface area contributed by atoms with Crippen LogP contribution in [0.1, 0.15) is 11.3 Å². The second-order valence-corrected chi connectivity index (χ2v) is 3.15. The lowest BCUT2D eigenvalue weighted by Gasteiger charge is -2.01. The van der Waals surface area contributed by atoms with Crippen molar-refractivity contribution >= 4 is 17.7 Å². The summed E-state index contributed by atoms with van der Waals surface area (Å²) in [4.78, 5) is 7.78. The SMILES string of the molecule is Cc1noc(Nc2ccnc(N)n2)c1C. The Morgan fingerprint density at radius 1 is 1.40 bits per heavy atom. The fourth-order valence-electron chi connectivity index (χ4n) is 1.09. The van der Waals surface area contributed by atoms with Gasteiger partial charge in [0.1, 0.15) is 5.82 Å². The average molecular weight is 205 g/mol. The van der Waals surface area contributed by atoms with Gasteiger partial charge in [-0.05, 0) is 19.9 Å². The molecule has 0 aliphatic heterocycles. The first-order chi connectivity index (χ1) is 7.16. The van der Waals surface area contributed by atoms with Crippen LogP contribution in [0.3, 0.4) is 0 Å². The summed E-state index contributed by atoms with van der Waals surface area (Å²) < 4.78 is 5.08. The van der Waals surface area contributed by atoms with E-state index in [-0.39, 0.29) is 5.95 Å². The summed E-state index contributed by atoms with van der Waals surface area (Å²) >= 11 is 0. The molecule has 2 heterocycles. The standard InChI is InChI=1S/C9H11N5O/c1-5-6(2)14-15-8(5)12-7-3-4-11-9(10)13-7/h3-4H,1-2H3,(H3,10,11,12,13). The fraction of sp³-hybridized carbons (Fsp3) is 0.222. The van der Waals surface area contributed by atoms with Gasteiger partial charge in [-0.15, -0.1) is 0 Å². The molecule has 0 bridgehead atoms. The monoisotopic (exact) mass is 205 g/mol. The Labute approximate surface area is 86.5 Å². The zero-order valence-corrected chi connectivity index (χ0v) is 8.48. The number of hydrogen-bond acceptors (Lipinski definition) is 6. The van der Waals surface area contributed by atoms with Gasteiger partial charge >= 0.3 is 0 Å². The fourth-order valence-corrected chi connectivity index (χ4v) is 1.09. The molecule has 0 saturated carbocycles. The minimum absolute atomic E-state index is 0.217. The molecule has 6 heteroatoms. The molecular formula is C9H11N5O. The molecule has 0 spiro atoms. The molecule has 0 aliphatic carbocycles. The van der Waals surface area contributed by atoms with E-state index in [4.69, 9.17) is 10.3 Å². The number of nitrogens with two attached hydrogens (primary N) is 1. The molecule has 0 saturated heterocycles. The van der Waals surface area contributed by atoms with E-state index >= 15 is 0 Å². The van der Waals surface area contributed by atoms with Crippen LogP contribution in [0, 0.1) is 13.8 Å². The van der Waals surface area contributed by atoms with E-state index in [1.165, 1.54) is 0 Å². The highest BCUT2D eigenvalue weighted by molar-refractivity contribution is 5.54. The van der Waals surface area contributed by atoms with E-state index in [0.717, 1.165) is 11.3 Å². The Bertz CT molecular complexity index is 479. The molecule has 0 unspecified atom stereocenters. The van der Waals surface area contributed by atoms with E-state index in [1.807, 2.05) is 13.8 Å². The van der Waals surface area contributed by atoms with Gasteiger partial charge in [0, 0.05) is 11.8 Å². The van der Waals surface area contributed by atoms with Crippen LogP contribution in [0.25, 0.3) is 0 Å². The molecule has 2 rings (SSSR count). The third kappa shape index (κ3) is 1.88. The second-order valence-electron chi connectivity index (χ2n) is 3.15. The van der Waals surface area contributed by atoms with Crippen molar-refractivity contribution < 1.29 is 4.52 Å². The molecule has 6 nitrogen and oxygen atoms in total. The number of anilines is 3. The lowest BCUT2D eigenvalue weighted by molar-refractivity contribution is 0.429. The summed E-state index contributed by atoms with van der Waals surface area (Å²) in [5.41, 5.74) is 7.24. The Morgan fingerprint density at radius 2 is 2.20 bits per heavy atom. The minimum atomic E-state index is 0.217. The topological polar surface area (TPSA) is 89.9 Å². The van der Waals surface area contributed by atoms with E-state index in [2.05, 4.69) is 20.4 Å². The van der Waals surface area contributed by atoms with Gasteiger partial charge in [0.05, 0.1) is 5.69 Å². The van der Waals surface area contributed by atoms with Crippen LogP contribution < -0.4 is 11.1 Å². The zero-order chi connectivity index (χ0) is 10.8. The average Bonchev–Trinajstić information content (AvgIpc) is 2.50. The number of aryl methyl sites for hydroxylation is 1. The largest absolute Gasteiger partial charge is 0.368 e. The van der Waals surface area contributed by atoms with Crippen molar-refractivity contribution in [3.8, 4) is 0 Å². The molecule has 0 aromatic carbocycles. The molecule has 0 aliphatic rings. The van der Waals surface area contributed by atoms with Crippen LogP contribution in [0.4, 0.5) is 17.7 Å². The third-order valence-electron chi connectivity index (χ3n) is 2.07. The van der Waals surface area contributed by atoms with Crippen molar-refractivity contribution in [2.45, 2.75) is 13.8 Å². The van der Waals surface area contributed by atoms with Crippen molar-refractivity contribution in [3.05, 3.63) is 23.5 Å². The number of aromatic nitrogens is 3. The molecule has 15 heavy (non-hydrogen) atoms. The molecule has 0 radical (unpaired) electrons. The first-order valence-electron chi connectivity index (χ1n) is 4.45. The number of nitrogens with zero attached hydrogens (tertiary/aromatic N) is 3. The number of nitrogen functional groups attached to an aromatic ring is 1. The molecule has 78 valence electrons. The molecule has 0 atom stereocenters. The maximum atomic E-state index is 5.45. The lowest BCUT2D eigenvalue weighted by Crippen LogP contribution is -1.99. The van der Waals surface area contributed by atoms with E-state index in [9.17, 15) is 0 Å². The smallest absolute Gasteiger partial charge is 0.233 e. The first kappa shape index (κ1) is 9.45. The Balaban J connectivity index is 2.26. The van der Waals surface area contributed by atoms with Crippen LogP contribution in [0.2, 0.25) is 0 Å². The van der Waals surface area contributed by atoms with Gasteiger partial charge in [0.25, 0.3) is 0 Å². The van der Waals surface area contributed by atoms with E-state index < -0.39 is 0 Å². The maximum absolute atomic E-state index is 5.45. The summed E-state index contributed by atoms with van der Waals surface area (Å²) in [5.74, 6) is 1.38. The maximum Gasteiger partial charge on any atom is 0.233 e. The van der Waals surface area contributed by atoms with Gasteiger partial charge in [-0.25, -0.2) is 4.98 Å². The molecule has 2 aromatic heterocycles. The summed E-state index contributed by atoms with van der Waals surface area (Å²) in [6.07, 6.45) is 1.57. The van der Waals surface area contributed by atoms with Crippen LogP contribution in [0.15, 0.2) is 16.8 Å². The van der Waals surface area contributed by atoms with Crippen molar-refractivity contribution in [1.82, 2.24) is 15.1 Å². The van der Waals surface area contributed by atoms with Crippen LogP contribution >= 0.6 is 0 Å². The van der Waals surface area contributed by atoms with Gasteiger partial charge in [0.15, 0.2) is 0 Å². The quantitative estimate of drug-likeness (QED) is 0.770. The molecular weight excluding hydrogens is 194 g/mol. The van der Waals surface area contributed by atoms with Crippen molar-refractivity contribution in [3.63, 3.8) is 0 Å². The first-order valence-corrected chi connectivity index (χ1v) is 4.45. The van der Waals surface area contributed by atoms with Crippen molar-refractivity contribution in [2.24, 2.45) is 0 Å². The van der Waals surface area contributed by atoms with E-state index in [1.54, 1.807) is 12.3 Å². The minimum Gasteiger partial charge on any atom is -0.368 e. The Hall–Kier alpha value is -2.11. The summed E-state index contributed by atoms with van der Waals surface area (Å²) in [7, 11) is 0. The lowest BCUT2D eigenvalue weighted by atomic mass is 10.3. The summed E-state index contributed by atoms with van der Waals surface area (Å²) in [6.45, 7) is 3.79. The van der Waals surface area contributed by atoms with Gasteiger partial charge in [0.2, 0.25) is 11.8 Å². The zero-order valence-electron chi connectivity index (χ0n) is 8.48. The molecule has 0 fully saturated rings. The summed E-state index contributed by atoms with van der Waals surface area (Å²) in [6, 6.07) is 1.70. The number of rotatable bonds is 2. The third-order valence-corrected chi connectivity index (χ3v) is 2.07. The van der Waals surface area contributed by atoms with Gasteiger partial charge in [-0.1, -0.05) is 5.16 Å². The molecule has 3 N–H and O–H groups in total. The summed E-state index contributed by atoms with van der Waals surface area (Å²) in [5, 5.41) is 6.80. The highest BCUT2D eigenvalue weighted by atomic mass is 16.5. The van der Waals surface area contributed by atoms with Crippen molar-refractivity contribution in [1.29, 1.82) is 0 Å². The van der Waals surface area contributed by atoms with Crippen LogP contribution in [-0.2, 0) is 0 Å². The normalized spacial score (nSPS) is 10.3. The van der Waals surface area contributed by atoms with Gasteiger partial charge in [-0.2, -0.15) is 4.98 Å². The predicted octanol–water partition coefficient (Wildman–Crippen LogP) is 1.41. The second kappa shape index (κ2) is 3.56. The van der Waals surface area contributed by atoms with Gasteiger partial charge < -0.3 is 15.6 Å². The molecule has 0 amide bonds. The highest BCUT2D eigenvalue weighted by Crippen LogP contribution is 2.21.